The monoisotopic (exact) mass is 344 g/mol. The smallest absolute Gasteiger partial charge is 0.220 e. The third kappa shape index (κ3) is 4.53. The largest absolute Gasteiger partial charge is 0.356 e. The zero-order valence-electron chi connectivity index (χ0n) is 12.6. The van der Waals surface area contributed by atoms with Crippen LogP contribution in [0.5, 0.6) is 0 Å². The van der Waals surface area contributed by atoms with Crippen molar-refractivity contribution in [2.45, 2.75) is 19.3 Å². The van der Waals surface area contributed by atoms with E-state index in [2.05, 4.69) is 16.4 Å². The number of carbonyl (C=O) groups excluding carboxylic acids is 1. The second-order valence-corrected chi connectivity index (χ2v) is 6.86. The Bertz CT molecular complexity index is 782. The predicted molar refractivity (Wildman–Crippen MR) is 96.1 cm³/mol. The third-order valence-corrected chi connectivity index (χ3v) is 4.86. The lowest BCUT2D eigenvalue weighted by Gasteiger charge is -2.04. The highest BCUT2D eigenvalue weighted by atomic mass is 35.5. The lowest BCUT2D eigenvalue weighted by molar-refractivity contribution is -0.121. The number of rotatable bonds is 6. The van der Waals surface area contributed by atoms with Crippen LogP contribution >= 0.6 is 22.9 Å². The summed E-state index contributed by atoms with van der Waals surface area (Å²) in [7, 11) is 0. The van der Waals surface area contributed by atoms with Gasteiger partial charge in [-0.1, -0.05) is 35.9 Å². The van der Waals surface area contributed by atoms with Gasteiger partial charge in [-0.25, -0.2) is 4.98 Å². The van der Waals surface area contributed by atoms with Gasteiger partial charge in [-0.15, -0.1) is 11.3 Å². The molecule has 0 saturated heterocycles. The summed E-state index contributed by atoms with van der Waals surface area (Å²) in [6, 6.07) is 15.7. The number of aromatic nitrogens is 1. The van der Waals surface area contributed by atoms with Crippen LogP contribution in [0, 0.1) is 0 Å². The van der Waals surface area contributed by atoms with Gasteiger partial charge in [-0.2, -0.15) is 0 Å². The van der Waals surface area contributed by atoms with E-state index in [1.54, 1.807) is 11.3 Å². The number of para-hydroxylation sites is 1. The van der Waals surface area contributed by atoms with Gasteiger partial charge in [0.25, 0.3) is 0 Å². The van der Waals surface area contributed by atoms with Gasteiger partial charge >= 0.3 is 0 Å². The fourth-order valence-electron chi connectivity index (χ4n) is 2.37. The topological polar surface area (TPSA) is 42.0 Å². The third-order valence-electron chi connectivity index (χ3n) is 3.53. The Hall–Kier alpha value is -1.91. The molecular weight excluding hydrogens is 328 g/mol. The maximum Gasteiger partial charge on any atom is 0.220 e. The van der Waals surface area contributed by atoms with Crippen molar-refractivity contribution in [1.29, 1.82) is 0 Å². The molecule has 3 rings (SSSR count). The molecule has 0 aliphatic carbocycles. The van der Waals surface area contributed by atoms with E-state index in [0.717, 1.165) is 22.5 Å². The minimum Gasteiger partial charge on any atom is -0.356 e. The quantitative estimate of drug-likeness (QED) is 0.726. The molecular formula is C18H17ClN2OS. The molecule has 1 aromatic heterocycles. The first-order valence-corrected chi connectivity index (χ1v) is 8.76. The second-order valence-electron chi connectivity index (χ2n) is 5.31. The van der Waals surface area contributed by atoms with E-state index in [9.17, 15) is 4.79 Å². The van der Waals surface area contributed by atoms with Crippen molar-refractivity contribution in [3.05, 3.63) is 64.1 Å². The molecule has 23 heavy (non-hydrogen) atoms. The SMILES string of the molecule is O=C(CCc1cccc(Cl)c1)NCCc1nc2ccccc2s1. The van der Waals surface area contributed by atoms with Crippen molar-refractivity contribution in [2.75, 3.05) is 6.54 Å². The van der Waals surface area contributed by atoms with Gasteiger partial charge in [0, 0.05) is 24.4 Å². The van der Waals surface area contributed by atoms with Crippen molar-refractivity contribution >= 4 is 39.1 Å². The minimum absolute atomic E-state index is 0.0612. The van der Waals surface area contributed by atoms with Gasteiger partial charge in [0.15, 0.2) is 0 Å². The summed E-state index contributed by atoms with van der Waals surface area (Å²) in [6.07, 6.45) is 1.94. The van der Waals surface area contributed by atoms with Crippen molar-refractivity contribution in [3.8, 4) is 0 Å². The summed E-state index contributed by atoms with van der Waals surface area (Å²) >= 11 is 7.62. The van der Waals surface area contributed by atoms with Crippen LogP contribution in [-0.2, 0) is 17.6 Å². The van der Waals surface area contributed by atoms with Crippen LogP contribution in [0.4, 0.5) is 0 Å². The summed E-state index contributed by atoms with van der Waals surface area (Å²) in [6.45, 7) is 0.619. The van der Waals surface area contributed by atoms with Gasteiger partial charge in [0.2, 0.25) is 5.91 Å². The Morgan fingerprint density at radius 2 is 2.00 bits per heavy atom. The molecule has 0 spiro atoms. The normalized spacial score (nSPS) is 10.8. The van der Waals surface area contributed by atoms with Gasteiger partial charge in [0.1, 0.15) is 0 Å². The van der Waals surface area contributed by atoms with Crippen molar-refractivity contribution in [3.63, 3.8) is 0 Å². The van der Waals surface area contributed by atoms with E-state index in [1.165, 1.54) is 4.70 Å². The lowest BCUT2D eigenvalue weighted by atomic mass is 10.1. The van der Waals surface area contributed by atoms with E-state index in [1.807, 2.05) is 42.5 Å². The van der Waals surface area contributed by atoms with E-state index in [0.29, 0.717) is 24.4 Å². The Kier molecular flexibility index (Phi) is 5.26. The Balaban J connectivity index is 1.44. The number of nitrogens with one attached hydrogen (secondary N) is 1. The molecule has 1 amide bonds. The lowest BCUT2D eigenvalue weighted by Crippen LogP contribution is -2.25. The second kappa shape index (κ2) is 7.57. The molecule has 0 atom stereocenters. The number of hydrogen-bond acceptors (Lipinski definition) is 3. The van der Waals surface area contributed by atoms with Crippen molar-refractivity contribution in [2.24, 2.45) is 0 Å². The Morgan fingerprint density at radius 1 is 1.13 bits per heavy atom. The molecule has 3 aromatic rings. The van der Waals surface area contributed by atoms with Crippen molar-refractivity contribution < 1.29 is 4.79 Å². The van der Waals surface area contributed by atoms with Crippen LogP contribution in [-0.4, -0.2) is 17.4 Å². The zero-order chi connectivity index (χ0) is 16.1. The molecule has 1 heterocycles. The average Bonchev–Trinajstić information content (AvgIpc) is 2.96. The minimum atomic E-state index is 0.0612. The molecule has 0 unspecified atom stereocenters. The number of hydrogen-bond donors (Lipinski definition) is 1. The Labute approximate surface area is 144 Å². The standard InChI is InChI=1S/C18H17ClN2OS/c19-14-5-3-4-13(12-14)8-9-17(22)20-11-10-18-21-15-6-1-2-7-16(15)23-18/h1-7,12H,8-11H2,(H,20,22). The first-order valence-electron chi connectivity index (χ1n) is 7.56. The van der Waals surface area contributed by atoms with Crippen LogP contribution in [0.3, 0.4) is 0 Å². The highest BCUT2D eigenvalue weighted by Gasteiger charge is 2.05. The van der Waals surface area contributed by atoms with Crippen LogP contribution < -0.4 is 5.32 Å². The summed E-state index contributed by atoms with van der Waals surface area (Å²) in [5, 5.41) is 4.72. The number of fused-ring (bicyclic) bond motifs is 1. The number of benzene rings is 2. The maximum absolute atomic E-state index is 11.9. The highest BCUT2D eigenvalue weighted by molar-refractivity contribution is 7.18. The fourth-order valence-corrected chi connectivity index (χ4v) is 3.55. The fraction of sp³-hybridized carbons (Fsp3) is 0.222. The molecule has 118 valence electrons. The highest BCUT2D eigenvalue weighted by Crippen LogP contribution is 2.21. The summed E-state index contributed by atoms with van der Waals surface area (Å²) < 4.78 is 1.19. The van der Waals surface area contributed by atoms with E-state index >= 15 is 0 Å². The number of aryl methyl sites for hydroxylation is 1. The summed E-state index contributed by atoms with van der Waals surface area (Å²) in [4.78, 5) is 16.5. The molecule has 0 aliphatic rings. The number of amides is 1. The van der Waals surface area contributed by atoms with E-state index < -0.39 is 0 Å². The molecule has 1 N–H and O–H groups in total. The first-order chi connectivity index (χ1) is 11.2. The number of thiazole rings is 1. The van der Waals surface area contributed by atoms with E-state index in [-0.39, 0.29) is 5.91 Å². The molecule has 0 fully saturated rings. The van der Waals surface area contributed by atoms with Gasteiger partial charge < -0.3 is 5.32 Å². The number of halogens is 1. The van der Waals surface area contributed by atoms with E-state index in [4.69, 9.17) is 11.6 Å². The van der Waals surface area contributed by atoms with Crippen LogP contribution in [0.25, 0.3) is 10.2 Å². The molecule has 0 saturated carbocycles. The first kappa shape index (κ1) is 16.0. The number of nitrogens with zero attached hydrogens (tertiary/aromatic N) is 1. The van der Waals surface area contributed by atoms with Gasteiger partial charge in [-0.3, -0.25) is 4.79 Å². The average molecular weight is 345 g/mol. The molecule has 2 aromatic carbocycles. The molecule has 3 nitrogen and oxygen atoms in total. The maximum atomic E-state index is 11.9. The van der Waals surface area contributed by atoms with Crippen molar-refractivity contribution in [1.82, 2.24) is 10.3 Å². The van der Waals surface area contributed by atoms with Crippen LogP contribution in [0.1, 0.15) is 17.0 Å². The zero-order valence-corrected chi connectivity index (χ0v) is 14.2. The summed E-state index contributed by atoms with van der Waals surface area (Å²) in [5.41, 5.74) is 2.11. The van der Waals surface area contributed by atoms with Crippen LogP contribution in [0.2, 0.25) is 5.02 Å². The van der Waals surface area contributed by atoms with Crippen LogP contribution in [0.15, 0.2) is 48.5 Å². The predicted octanol–water partition coefficient (Wildman–Crippen LogP) is 4.24. The molecule has 0 aliphatic heterocycles. The molecule has 5 heteroatoms. The molecule has 0 bridgehead atoms. The Morgan fingerprint density at radius 3 is 2.83 bits per heavy atom. The number of carbonyl (C=O) groups is 1. The van der Waals surface area contributed by atoms with Gasteiger partial charge in [-0.05, 0) is 36.2 Å². The summed E-state index contributed by atoms with van der Waals surface area (Å²) in [5.74, 6) is 0.0612. The van der Waals surface area contributed by atoms with Gasteiger partial charge in [0.05, 0.1) is 15.2 Å². The molecule has 0 radical (unpaired) electrons.